The first kappa shape index (κ1) is 13.7. The van der Waals surface area contributed by atoms with Gasteiger partial charge < -0.3 is 11.1 Å². The molecule has 0 radical (unpaired) electrons. The Morgan fingerprint density at radius 2 is 2.47 bits per heavy atom. The second-order valence-corrected chi connectivity index (χ2v) is 5.23. The van der Waals surface area contributed by atoms with Crippen LogP contribution in [0.4, 0.5) is 0 Å². The number of carbonyl (C=O) groups excluding carboxylic acids is 1. The van der Waals surface area contributed by atoms with Crippen LogP contribution in [0.15, 0.2) is 23.7 Å². The Morgan fingerprint density at radius 3 is 3.16 bits per heavy atom. The number of amides is 1. The van der Waals surface area contributed by atoms with Gasteiger partial charge in [-0.3, -0.25) is 4.79 Å². The first-order valence-electron chi connectivity index (χ1n) is 6.11. The molecule has 0 saturated heterocycles. The molecule has 0 fully saturated rings. The quantitative estimate of drug-likeness (QED) is 0.815. The van der Waals surface area contributed by atoms with E-state index in [1.54, 1.807) is 17.5 Å². The van der Waals surface area contributed by atoms with Gasteiger partial charge in [-0.1, -0.05) is 11.3 Å². The van der Waals surface area contributed by atoms with Crippen LogP contribution in [0.2, 0.25) is 0 Å². The Labute approximate surface area is 115 Å². The number of nitrogens with one attached hydrogen (secondary N) is 1. The molecule has 1 amide bonds. The molecule has 102 valence electrons. The molecule has 0 bridgehead atoms. The maximum Gasteiger partial charge on any atom is 0.242 e. The molecule has 0 aliphatic rings. The van der Waals surface area contributed by atoms with Gasteiger partial charge in [0.05, 0.1) is 11.7 Å². The fourth-order valence-corrected chi connectivity index (χ4v) is 2.46. The summed E-state index contributed by atoms with van der Waals surface area (Å²) in [6.07, 6.45) is 2.43. The molecular formula is C12H17N5OS. The van der Waals surface area contributed by atoms with Crippen molar-refractivity contribution in [2.75, 3.05) is 6.54 Å². The van der Waals surface area contributed by atoms with Crippen LogP contribution >= 0.6 is 11.3 Å². The van der Waals surface area contributed by atoms with Crippen molar-refractivity contribution in [3.8, 4) is 0 Å². The van der Waals surface area contributed by atoms with Crippen molar-refractivity contribution in [2.24, 2.45) is 5.73 Å². The first-order valence-corrected chi connectivity index (χ1v) is 6.99. The summed E-state index contributed by atoms with van der Waals surface area (Å²) in [7, 11) is 0. The van der Waals surface area contributed by atoms with Crippen LogP contribution in [-0.4, -0.2) is 27.4 Å². The van der Waals surface area contributed by atoms with Crippen LogP contribution in [-0.2, 0) is 17.8 Å². The van der Waals surface area contributed by atoms with E-state index in [4.69, 9.17) is 5.73 Å². The highest BCUT2D eigenvalue weighted by molar-refractivity contribution is 7.10. The molecule has 1 unspecified atom stereocenters. The minimum Gasteiger partial charge on any atom is -0.347 e. The lowest BCUT2D eigenvalue weighted by atomic mass is 10.3. The van der Waals surface area contributed by atoms with Crippen molar-refractivity contribution in [3.63, 3.8) is 0 Å². The summed E-state index contributed by atoms with van der Waals surface area (Å²) in [5, 5.41) is 12.8. The predicted molar refractivity (Wildman–Crippen MR) is 73.7 cm³/mol. The normalized spacial score (nSPS) is 12.3. The second kappa shape index (κ2) is 6.44. The van der Waals surface area contributed by atoms with E-state index in [0.717, 1.165) is 10.6 Å². The van der Waals surface area contributed by atoms with E-state index in [1.807, 2.05) is 24.4 Å². The predicted octanol–water partition coefficient (Wildman–Crippen LogP) is 0.718. The molecule has 2 heterocycles. The third-order valence-corrected chi connectivity index (χ3v) is 3.69. The van der Waals surface area contributed by atoms with Crippen LogP contribution in [0.1, 0.15) is 23.5 Å². The van der Waals surface area contributed by atoms with Gasteiger partial charge in [0.1, 0.15) is 6.54 Å². The highest BCUT2D eigenvalue weighted by Gasteiger charge is 2.11. The summed E-state index contributed by atoms with van der Waals surface area (Å²) in [5.41, 5.74) is 6.24. The van der Waals surface area contributed by atoms with Crippen LogP contribution < -0.4 is 11.1 Å². The van der Waals surface area contributed by atoms with Crippen molar-refractivity contribution in [3.05, 3.63) is 34.3 Å². The number of rotatable bonds is 6. The second-order valence-electron chi connectivity index (χ2n) is 4.25. The maximum absolute atomic E-state index is 11.9. The summed E-state index contributed by atoms with van der Waals surface area (Å²) >= 11 is 1.63. The highest BCUT2D eigenvalue weighted by Crippen LogP contribution is 2.17. The van der Waals surface area contributed by atoms with E-state index in [-0.39, 0.29) is 18.5 Å². The lowest BCUT2D eigenvalue weighted by molar-refractivity contribution is -0.122. The Hall–Kier alpha value is -1.73. The minimum atomic E-state index is -0.0786. The average Bonchev–Trinajstić information content (AvgIpc) is 3.00. The number of thiophene rings is 1. The molecule has 3 N–H and O–H groups in total. The van der Waals surface area contributed by atoms with E-state index < -0.39 is 0 Å². The summed E-state index contributed by atoms with van der Waals surface area (Å²) in [5.74, 6) is -0.0786. The Morgan fingerprint density at radius 1 is 1.63 bits per heavy atom. The van der Waals surface area contributed by atoms with Gasteiger partial charge in [-0.2, -0.15) is 0 Å². The summed E-state index contributed by atoms with van der Waals surface area (Å²) in [6.45, 7) is 2.67. The van der Waals surface area contributed by atoms with Crippen LogP contribution in [0.25, 0.3) is 0 Å². The molecule has 0 saturated carbocycles. The maximum atomic E-state index is 11.9. The zero-order chi connectivity index (χ0) is 13.7. The third kappa shape index (κ3) is 3.87. The number of nitrogens with two attached hydrogens (primary N) is 1. The number of hydrogen-bond acceptors (Lipinski definition) is 5. The number of aromatic nitrogens is 3. The van der Waals surface area contributed by atoms with Gasteiger partial charge in [0.15, 0.2) is 0 Å². The molecule has 6 nitrogen and oxygen atoms in total. The standard InChI is InChI=1S/C12H17N5OS/c1-9(11-3-2-6-19-11)14-12(18)8-17-7-10(4-5-13)15-16-17/h2-3,6-7,9H,4-5,8,13H2,1H3,(H,14,18). The van der Waals surface area contributed by atoms with E-state index >= 15 is 0 Å². The number of hydrogen-bond donors (Lipinski definition) is 2. The molecule has 7 heteroatoms. The molecule has 2 rings (SSSR count). The smallest absolute Gasteiger partial charge is 0.242 e. The fourth-order valence-electron chi connectivity index (χ4n) is 1.72. The van der Waals surface area contributed by atoms with Gasteiger partial charge in [-0.05, 0) is 24.9 Å². The van der Waals surface area contributed by atoms with Crippen molar-refractivity contribution in [1.29, 1.82) is 0 Å². The monoisotopic (exact) mass is 279 g/mol. The Bertz CT molecular complexity index is 522. The number of nitrogens with zero attached hydrogens (tertiary/aromatic N) is 3. The van der Waals surface area contributed by atoms with Crippen LogP contribution in [0, 0.1) is 0 Å². The molecule has 2 aromatic rings. The van der Waals surface area contributed by atoms with Gasteiger partial charge in [-0.15, -0.1) is 16.4 Å². The van der Waals surface area contributed by atoms with Crippen LogP contribution in [0.5, 0.6) is 0 Å². The van der Waals surface area contributed by atoms with Crippen LogP contribution in [0.3, 0.4) is 0 Å². The van der Waals surface area contributed by atoms with Crippen molar-refractivity contribution < 1.29 is 4.79 Å². The first-order chi connectivity index (χ1) is 9.19. The van der Waals surface area contributed by atoms with Crippen molar-refractivity contribution >= 4 is 17.2 Å². The third-order valence-electron chi connectivity index (χ3n) is 2.64. The van der Waals surface area contributed by atoms with E-state index in [9.17, 15) is 4.79 Å². The molecule has 0 spiro atoms. The molecule has 0 aliphatic carbocycles. The largest absolute Gasteiger partial charge is 0.347 e. The molecule has 19 heavy (non-hydrogen) atoms. The van der Waals surface area contributed by atoms with Gasteiger partial charge in [0.25, 0.3) is 0 Å². The lowest BCUT2D eigenvalue weighted by Crippen LogP contribution is -2.29. The molecular weight excluding hydrogens is 262 g/mol. The summed E-state index contributed by atoms with van der Waals surface area (Å²) in [6, 6.07) is 3.99. The Kier molecular flexibility index (Phi) is 4.64. The zero-order valence-electron chi connectivity index (χ0n) is 10.7. The lowest BCUT2D eigenvalue weighted by Gasteiger charge is -2.11. The van der Waals surface area contributed by atoms with E-state index in [1.165, 1.54) is 4.68 Å². The van der Waals surface area contributed by atoms with Gasteiger partial charge >= 0.3 is 0 Å². The van der Waals surface area contributed by atoms with Crippen molar-refractivity contribution in [1.82, 2.24) is 20.3 Å². The Balaban J connectivity index is 1.86. The summed E-state index contributed by atoms with van der Waals surface area (Å²) < 4.78 is 1.53. The molecule has 0 aliphatic heterocycles. The van der Waals surface area contributed by atoms with Crippen molar-refractivity contribution in [2.45, 2.75) is 25.9 Å². The zero-order valence-corrected chi connectivity index (χ0v) is 11.6. The molecule has 2 aromatic heterocycles. The van der Waals surface area contributed by atoms with E-state index in [0.29, 0.717) is 13.0 Å². The average molecular weight is 279 g/mol. The van der Waals surface area contributed by atoms with Gasteiger partial charge in [-0.25, -0.2) is 4.68 Å². The minimum absolute atomic E-state index is 0.0135. The summed E-state index contributed by atoms with van der Waals surface area (Å²) in [4.78, 5) is 13.0. The topological polar surface area (TPSA) is 85.8 Å². The van der Waals surface area contributed by atoms with Gasteiger partial charge in [0, 0.05) is 17.5 Å². The van der Waals surface area contributed by atoms with E-state index in [2.05, 4.69) is 15.6 Å². The van der Waals surface area contributed by atoms with Gasteiger partial charge in [0.2, 0.25) is 5.91 Å². The SMILES string of the molecule is CC(NC(=O)Cn1cc(CCN)nn1)c1cccs1. The fraction of sp³-hybridized carbons (Fsp3) is 0.417. The molecule has 0 aromatic carbocycles. The molecule has 1 atom stereocenters. The highest BCUT2D eigenvalue weighted by atomic mass is 32.1. The number of carbonyl (C=O) groups is 1.